The third-order valence-corrected chi connectivity index (χ3v) is 9.13. The summed E-state index contributed by atoms with van der Waals surface area (Å²) in [5.74, 6) is -0.143. The lowest BCUT2D eigenvalue weighted by Gasteiger charge is -2.41. The van der Waals surface area contributed by atoms with Crippen molar-refractivity contribution in [1.82, 2.24) is 10.2 Å². The average molecular weight is 697 g/mol. The van der Waals surface area contributed by atoms with E-state index in [9.17, 15) is 33.0 Å². The Balaban J connectivity index is 1.66. The molecule has 3 aliphatic carbocycles. The lowest BCUT2D eigenvalue weighted by Crippen LogP contribution is -2.57. The fourth-order valence-electron chi connectivity index (χ4n) is 6.45. The maximum atomic E-state index is 13.8. The van der Waals surface area contributed by atoms with Gasteiger partial charge in [-0.2, -0.15) is 13.2 Å². The van der Waals surface area contributed by atoms with Crippen LogP contribution >= 0.6 is 22.6 Å². The third kappa shape index (κ3) is 7.65. The molecule has 1 aromatic carbocycles. The van der Waals surface area contributed by atoms with Gasteiger partial charge in [-0.25, -0.2) is 0 Å². The quantitative estimate of drug-likeness (QED) is 0.262. The van der Waals surface area contributed by atoms with Crippen molar-refractivity contribution in [3.8, 4) is 11.5 Å². The van der Waals surface area contributed by atoms with Gasteiger partial charge in [0.1, 0.15) is 18.8 Å². The molecule has 41 heavy (non-hydrogen) atoms. The Morgan fingerprint density at radius 2 is 1.95 bits per heavy atom. The number of carbonyl (C=O) groups is 2. The minimum atomic E-state index is -4.74. The zero-order valence-electron chi connectivity index (χ0n) is 22.7. The molecule has 6 atom stereocenters. The number of fused-ring (bicyclic) bond motifs is 2. The van der Waals surface area contributed by atoms with E-state index in [4.69, 9.17) is 14.6 Å². The van der Waals surface area contributed by atoms with Crippen LogP contribution in [0, 0.1) is 21.3 Å². The van der Waals surface area contributed by atoms with Gasteiger partial charge < -0.3 is 35.0 Å². The molecule has 0 radical (unpaired) electrons. The van der Waals surface area contributed by atoms with Crippen LogP contribution in [0.1, 0.15) is 44.1 Å². The fourth-order valence-corrected chi connectivity index (χ4v) is 7.24. The number of alkyl halides is 3. The summed E-state index contributed by atoms with van der Waals surface area (Å²) in [6.45, 7) is -2.27. The normalized spacial score (nSPS) is 27.4. The number of nitrogens with zero attached hydrogens (tertiary/aromatic N) is 1. The summed E-state index contributed by atoms with van der Waals surface area (Å²) in [6.07, 6.45) is -2.83. The zero-order chi connectivity index (χ0) is 29.9. The zero-order valence-corrected chi connectivity index (χ0v) is 24.9. The largest absolute Gasteiger partial charge is 0.493 e. The van der Waals surface area contributed by atoms with E-state index in [1.165, 1.54) is 19.3 Å². The second-order valence-corrected chi connectivity index (χ2v) is 12.2. The van der Waals surface area contributed by atoms with Crippen molar-refractivity contribution < 1.29 is 47.6 Å². The molecule has 4 N–H and O–H groups in total. The Labute approximate surface area is 250 Å². The molecule has 2 fully saturated rings. The Morgan fingerprint density at radius 1 is 1.20 bits per heavy atom. The lowest BCUT2D eigenvalue weighted by atomic mass is 9.84. The van der Waals surface area contributed by atoms with Gasteiger partial charge in [-0.05, 0) is 83.4 Å². The number of rotatable bonds is 11. The van der Waals surface area contributed by atoms with Crippen LogP contribution in [0.4, 0.5) is 13.2 Å². The van der Waals surface area contributed by atoms with Crippen LogP contribution in [0.15, 0.2) is 23.8 Å². The highest BCUT2D eigenvalue weighted by molar-refractivity contribution is 14.1. The first-order valence-corrected chi connectivity index (χ1v) is 14.8. The number of benzene rings is 1. The molecule has 0 heterocycles. The van der Waals surface area contributed by atoms with Crippen molar-refractivity contribution in [1.29, 1.82) is 0 Å². The van der Waals surface area contributed by atoms with Crippen molar-refractivity contribution in [2.24, 2.45) is 17.8 Å². The number of halogens is 4. The molecular weight excluding hydrogens is 660 g/mol. The maximum Gasteiger partial charge on any atom is 0.406 e. The van der Waals surface area contributed by atoms with E-state index >= 15 is 0 Å². The molecule has 0 saturated heterocycles. The topological polar surface area (TPSA) is 129 Å². The number of carbonyl (C=O) groups excluding carboxylic acids is 2. The number of nitrogens with one attached hydrogen (secondary N) is 1. The molecule has 2 saturated carbocycles. The lowest BCUT2D eigenvalue weighted by molar-refractivity contribution is -0.173. The first-order chi connectivity index (χ1) is 19.4. The first kappa shape index (κ1) is 31.8. The SMILES string of the molecule is COc1cc(CO)cc(I)c1O[C@H]1C=C(C(=O)NCCO)C[C@@H](N(CC(F)(F)F)C(=O)CC2CC3CCC2C3)[C@@H]1O. The van der Waals surface area contributed by atoms with E-state index < -0.39 is 42.8 Å². The second-order valence-electron chi connectivity index (χ2n) is 11.1. The molecule has 13 heteroatoms. The molecule has 0 aliphatic heterocycles. The van der Waals surface area contributed by atoms with Gasteiger partial charge in [-0.1, -0.05) is 6.42 Å². The first-order valence-electron chi connectivity index (χ1n) is 13.7. The van der Waals surface area contributed by atoms with Gasteiger partial charge in [0, 0.05) is 25.0 Å². The summed E-state index contributed by atoms with van der Waals surface area (Å²) in [6, 6.07) is 1.75. The molecule has 9 nitrogen and oxygen atoms in total. The minimum absolute atomic E-state index is 0.00325. The standard InChI is InChI=1S/C28H36F3IN2O7/c1-40-23-9-16(13-36)8-20(32)26(23)41-22-11-19(27(39)33-4-5-35)10-21(25(22)38)34(14-28(29,30)31)24(37)12-18-7-15-2-3-17(18)6-15/h8-9,11,15,17-18,21-22,25,35-36,38H,2-7,10,12-14H2,1H3,(H,33,39)/t15?,17?,18?,21-,22+,25+/m1/s1. The molecular formula is C28H36F3IN2O7. The van der Waals surface area contributed by atoms with E-state index in [1.807, 2.05) is 22.6 Å². The van der Waals surface area contributed by atoms with Crippen molar-refractivity contribution in [2.45, 2.75) is 69.6 Å². The molecule has 2 amide bonds. The summed E-state index contributed by atoms with van der Waals surface area (Å²) in [5.41, 5.74) is 0.558. The molecule has 0 aromatic heterocycles. The summed E-state index contributed by atoms with van der Waals surface area (Å²) in [4.78, 5) is 27.1. The predicted octanol–water partition coefficient (Wildman–Crippen LogP) is 2.92. The second kappa shape index (κ2) is 13.5. The van der Waals surface area contributed by atoms with Crippen LogP contribution in [0.5, 0.6) is 11.5 Å². The molecule has 3 aliphatic rings. The van der Waals surface area contributed by atoms with Crippen LogP contribution in [0.3, 0.4) is 0 Å². The molecule has 0 spiro atoms. The summed E-state index contributed by atoms with van der Waals surface area (Å²) in [7, 11) is 1.38. The molecule has 1 aromatic rings. The van der Waals surface area contributed by atoms with Gasteiger partial charge in [-0.3, -0.25) is 9.59 Å². The van der Waals surface area contributed by atoms with Crippen LogP contribution in [-0.4, -0.2) is 83.3 Å². The van der Waals surface area contributed by atoms with Crippen LogP contribution in [-0.2, 0) is 16.2 Å². The Kier molecular flexibility index (Phi) is 10.5. The van der Waals surface area contributed by atoms with E-state index in [0.29, 0.717) is 25.9 Å². The fraction of sp³-hybridized carbons (Fsp3) is 0.643. The number of hydrogen-bond acceptors (Lipinski definition) is 7. The van der Waals surface area contributed by atoms with Gasteiger partial charge in [0.05, 0.1) is 29.9 Å². The predicted molar refractivity (Wildman–Crippen MR) is 150 cm³/mol. The highest BCUT2D eigenvalue weighted by atomic mass is 127. The maximum absolute atomic E-state index is 13.8. The van der Waals surface area contributed by atoms with Gasteiger partial charge in [-0.15, -0.1) is 0 Å². The number of hydrogen-bond donors (Lipinski definition) is 4. The summed E-state index contributed by atoms with van der Waals surface area (Å²) >= 11 is 1.94. The van der Waals surface area contributed by atoms with Crippen molar-refractivity contribution in [3.05, 3.63) is 32.9 Å². The number of methoxy groups -OCH3 is 1. The van der Waals surface area contributed by atoms with Gasteiger partial charge >= 0.3 is 6.18 Å². The highest BCUT2D eigenvalue weighted by Gasteiger charge is 2.47. The minimum Gasteiger partial charge on any atom is -0.493 e. The number of ether oxygens (including phenoxy) is 2. The molecule has 228 valence electrons. The van der Waals surface area contributed by atoms with Crippen molar-refractivity contribution >= 4 is 34.4 Å². The van der Waals surface area contributed by atoms with Crippen LogP contribution in [0.25, 0.3) is 0 Å². The van der Waals surface area contributed by atoms with Crippen LogP contribution < -0.4 is 14.8 Å². The van der Waals surface area contributed by atoms with Crippen molar-refractivity contribution in [2.75, 3.05) is 26.8 Å². The number of aliphatic hydroxyl groups excluding tert-OH is 3. The van der Waals surface area contributed by atoms with E-state index in [1.54, 1.807) is 6.07 Å². The Bertz CT molecular complexity index is 1150. The molecule has 3 unspecified atom stereocenters. The number of aliphatic hydroxyl groups is 3. The molecule has 4 rings (SSSR count). The van der Waals surface area contributed by atoms with Crippen LogP contribution in [0.2, 0.25) is 0 Å². The van der Waals surface area contributed by atoms with Gasteiger partial charge in [0.15, 0.2) is 11.5 Å². The number of amides is 2. The summed E-state index contributed by atoms with van der Waals surface area (Å²) in [5, 5.41) is 32.6. The van der Waals surface area contributed by atoms with Gasteiger partial charge in [0.2, 0.25) is 11.8 Å². The smallest absolute Gasteiger partial charge is 0.406 e. The average Bonchev–Trinajstić information content (AvgIpc) is 3.55. The Morgan fingerprint density at radius 3 is 2.54 bits per heavy atom. The third-order valence-electron chi connectivity index (χ3n) is 8.33. The van der Waals surface area contributed by atoms with Gasteiger partial charge in [0.25, 0.3) is 0 Å². The summed E-state index contributed by atoms with van der Waals surface area (Å²) < 4.78 is 53.5. The van der Waals surface area contributed by atoms with E-state index in [-0.39, 0.29) is 55.6 Å². The van der Waals surface area contributed by atoms with Crippen molar-refractivity contribution in [3.63, 3.8) is 0 Å². The van der Waals surface area contributed by atoms with E-state index in [2.05, 4.69) is 5.32 Å². The molecule has 2 bridgehead atoms. The monoisotopic (exact) mass is 696 g/mol. The highest BCUT2D eigenvalue weighted by Crippen LogP contribution is 2.50. The van der Waals surface area contributed by atoms with E-state index in [0.717, 1.165) is 25.7 Å². The Hall–Kier alpha value is -2.10.